The Labute approximate surface area is 279 Å². The van der Waals surface area contributed by atoms with E-state index in [2.05, 4.69) is 5.32 Å². The number of hydrogen-bond acceptors (Lipinski definition) is 4. The van der Waals surface area contributed by atoms with Gasteiger partial charge >= 0.3 is 0 Å². The molecule has 4 aromatic carbocycles. The zero-order valence-corrected chi connectivity index (χ0v) is 28.2. The molecule has 0 aliphatic rings. The maximum absolute atomic E-state index is 14.5. The van der Waals surface area contributed by atoms with E-state index in [0.29, 0.717) is 20.6 Å². The van der Waals surface area contributed by atoms with Crippen LogP contribution in [0.4, 0.5) is 5.69 Å². The van der Waals surface area contributed by atoms with Gasteiger partial charge in [-0.05, 0) is 80.4 Å². The lowest BCUT2D eigenvalue weighted by atomic mass is 10.0. The number of hydrogen-bond donors (Lipinski definition) is 1. The number of nitrogens with one attached hydrogen (secondary N) is 1. The zero-order chi connectivity index (χ0) is 32.8. The van der Waals surface area contributed by atoms with Gasteiger partial charge < -0.3 is 10.2 Å². The highest BCUT2D eigenvalue weighted by Crippen LogP contribution is 2.28. The number of benzene rings is 4. The van der Waals surface area contributed by atoms with E-state index in [1.807, 2.05) is 51.1 Å². The molecule has 7 nitrogen and oxygen atoms in total. The number of nitrogens with zero attached hydrogens (tertiary/aromatic N) is 2. The number of halogens is 3. The van der Waals surface area contributed by atoms with Crippen LogP contribution < -0.4 is 9.62 Å². The molecule has 0 aliphatic heterocycles. The van der Waals surface area contributed by atoms with Crippen molar-refractivity contribution in [1.29, 1.82) is 0 Å². The quantitative estimate of drug-likeness (QED) is 0.178. The van der Waals surface area contributed by atoms with Crippen LogP contribution in [-0.2, 0) is 32.6 Å². The molecule has 45 heavy (non-hydrogen) atoms. The first-order chi connectivity index (χ1) is 21.2. The van der Waals surface area contributed by atoms with Crippen LogP contribution in [0.15, 0.2) is 108 Å². The number of rotatable bonds is 11. The summed E-state index contributed by atoms with van der Waals surface area (Å²) in [6.45, 7) is 4.88. The van der Waals surface area contributed by atoms with Gasteiger partial charge in [-0.15, -0.1) is 0 Å². The third-order valence-corrected chi connectivity index (χ3v) is 9.48. The Morgan fingerprint density at radius 2 is 1.38 bits per heavy atom. The van der Waals surface area contributed by atoms with E-state index in [1.165, 1.54) is 29.2 Å². The summed E-state index contributed by atoms with van der Waals surface area (Å²) in [6.07, 6.45) is 0.176. The molecular formula is C34H34Cl3N3O4S. The van der Waals surface area contributed by atoms with Crippen LogP contribution in [0.3, 0.4) is 0 Å². The van der Waals surface area contributed by atoms with Crippen molar-refractivity contribution in [2.75, 3.05) is 10.8 Å². The van der Waals surface area contributed by atoms with Gasteiger partial charge in [0.2, 0.25) is 11.8 Å². The SMILES string of the molecule is CC(C)(C)NC(=O)[C@H](Cc1ccccc1)N(Cc1ccc(Cl)cc1Cl)C(=O)CN(c1ccccc1)S(=O)(=O)c1ccc(Cl)cc1. The van der Waals surface area contributed by atoms with Crippen LogP contribution in [0.2, 0.25) is 15.1 Å². The van der Waals surface area contributed by atoms with Crippen LogP contribution in [0, 0.1) is 0 Å². The summed E-state index contributed by atoms with van der Waals surface area (Å²) in [7, 11) is -4.24. The van der Waals surface area contributed by atoms with Crippen molar-refractivity contribution in [3.63, 3.8) is 0 Å². The fraction of sp³-hybridized carbons (Fsp3) is 0.235. The van der Waals surface area contributed by atoms with E-state index < -0.39 is 40.0 Å². The normalized spacial score (nSPS) is 12.3. The van der Waals surface area contributed by atoms with Crippen molar-refractivity contribution in [3.05, 3.63) is 129 Å². The highest BCUT2D eigenvalue weighted by molar-refractivity contribution is 7.92. The minimum atomic E-state index is -4.24. The topological polar surface area (TPSA) is 86.8 Å². The molecule has 11 heteroatoms. The van der Waals surface area contributed by atoms with Gasteiger partial charge in [-0.25, -0.2) is 8.42 Å². The van der Waals surface area contributed by atoms with Crippen LogP contribution in [-0.4, -0.2) is 43.3 Å². The molecule has 4 aromatic rings. The number of anilines is 1. The fourth-order valence-corrected chi connectivity index (χ4v) is 6.71. The molecule has 1 N–H and O–H groups in total. The average molecular weight is 687 g/mol. The van der Waals surface area contributed by atoms with Crippen LogP contribution in [0.1, 0.15) is 31.9 Å². The van der Waals surface area contributed by atoms with E-state index in [9.17, 15) is 18.0 Å². The summed E-state index contributed by atoms with van der Waals surface area (Å²) in [5.74, 6) is -0.996. The van der Waals surface area contributed by atoms with Crippen molar-refractivity contribution < 1.29 is 18.0 Å². The van der Waals surface area contributed by atoms with Crippen molar-refractivity contribution in [1.82, 2.24) is 10.2 Å². The van der Waals surface area contributed by atoms with Gasteiger partial charge in [0.15, 0.2) is 0 Å². The van der Waals surface area contributed by atoms with Gasteiger partial charge in [0.05, 0.1) is 10.6 Å². The molecule has 0 heterocycles. The Kier molecular flexibility index (Phi) is 11.2. The molecule has 0 aliphatic carbocycles. The Bertz CT molecular complexity index is 1730. The summed E-state index contributed by atoms with van der Waals surface area (Å²) < 4.78 is 29.1. The van der Waals surface area contributed by atoms with Crippen LogP contribution in [0.25, 0.3) is 0 Å². The third-order valence-electron chi connectivity index (χ3n) is 6.85. The van der Waals surface area contributed by atoms with Crippen molar-refractivity contribution in [2.45, 2.75) is 50.2 Å². The van der Waals surface area contributed by atoms with Gasteiger partial charge in [-0.2, -0.15) is 0 Å². The molecule has 0 unspecified atom stereocenters. The summed E-state index contributed by atoms with van der Waals surface area (Å²) in [5.41, 5.74) is 1.04. The van der Waals surface area contributed by atoms with E-state index in [0.717, 1.165) is 9.87 Å². The van der Waals surface area contributed by atoms with Crippen molar-refractivity contribution in [3.8, 4) is 0 Å². The van der Waals surface area contributed by atoms with Gasteiger partial charge in [0.1, 0.15) is 12.6 Å². The number of carbonyl (C=O) groups excluding carboxylic acids is 2. The highest BCUT2D eigenvalue weighted by Gasteiger charge is 2.36. The maximum Gasteiger partial charge on any atom is 0.264 e. The number of amides is 2. The van der Waals surface area contributed by atoms with Gasteiger partial charge in [0.25, 0.3) is 10.0 Å². The predicted octanol–water partition coefficient (Wildman–Crippen LogP) is 7.40. The molecular weight excluding hydrogens is 653 g/mol. The smallest absolute Gasteiger partial charge is 0.264 e. The van der Waals surface area contributed by atoms with Gasteiger partial charge in [0, 0.05) is 33.6 Å². The molecule has 0 saturated carbocycles. The van der Waals surface area contributed by atoms with Crippen molar-refractivity contribution in [2.24, 2.45) is 0 Å². The molecule has 0 spiro atoms. The second-order valence-corrected chi connectivity index (χ2v) is 14.6. The van der Waals surface area contributed by atoms with E-state index in [1.54, 1.807) is 48.5 Å². The lowest BCUT2D eigenvalue weighted by Gasteiger charge is -2.35. The largest absolute Gasteiger partial charge is 0.350 e. The molecule has 0 radical (unpaired) electrons. The molecule has 236 valence electrons. The highest BCUT2D eigenvalue weighted by atomic mass is 35.5. The monoisotopic (exact) mass is 685 g/mol. The molecule has 1 atom stereocenters. The molecule has 0 bridgehead atoms. The Balaban J connectivity index is 1.82. The minimum absolute atomic E-state index is 0.0397. The Morgan fingerprint density at radius 1 is 0.800 bits per heavy atom. The molecule has 0 saturated heterocycles. The van der Waals surface area contributed by atoms with Crippen molar-refractivity contribution >= 4 is 62.3 Å². The Hall–Kier alpha value is -3.56. The Morgan fingerprint density at radius 3 is 1.96 bits per heavy atom. The predicted molar refractivity (Wildman–Crippen MR) is 181 cm³/mol. The number of sulfonamides is 1. The zero-order valence-electron chi connectivity index (χ0n) is 25.1. The fourth-order valence-electron chi connectivity index (χ4n) is 4.70. The second kappa shape index (κ2) is 14.7. The van der Waals surface area contributed by atoms with Crippen LogP contribution >= 0.6 is 34.8 Å². The van der Waals surface area contributed by atoms with E-state index in [-0.39, 0.29) is 23.5 Å². The standard InChI is InChI=1S/C34H34Cl3N3O4S/c1-34(2,3)38-33(42)31(20-24-10-6-4-7-11-24)39(22-25-14-15-27(36)21-30(25)37)32(41)23-40(28-12-8-5-9-13-28)45(43,44)29-18-16-26(35)17-19-29/h4-19,21,31H,20,22-23H2,1-3H3,(H,38,42)/t31-/m0/s1. The molecule has 4 rings (SSSR count). The average Bonchev–Trinajstić information content (AvgIpc) is 2.98. The maximum atomic E-state index is 14.5. The first-order valence-electron chi connectivity index (χ1n) is 14.2. The molecule has 2 amide bonds. The first kappa shape index (κ1) is 34.3. The van der Waals surface area contributed by atoms with Gasteiger partial charge in [-0.1, -0.05) is 89.4 Å². The lowest BCUT2D eigenvalue weighted by molar-refractivity contribution is -0.140. The number of carbonyl (C=O) groups is 2. The van der Waals surface area contributed by atoms with E-state index in [4.69, 9.17) is 34.8 Å². The summed E-state index contributed by atoms with van der Waals surface area (Å²) in [4.78, 5) is 29.8. The second-order valence-electron chi connectivity index (χ2n) is 11.5. The number of para-hydroxylation sites is 1. The van der Waals surface area contributed by atoms with Gasteiger partial charge in [-0.3, -0.25) is 13.9 Å². The summed E-state index contributed by atoms with van der Waals surface area (Å²) in [5, 5.41) is 4.09. The minimum Gasteiger partial charge on any atom is -0.350 e. The summed E-state index contributed by atoms with van der Waals surface area (Å²) in [6, 6.07) is 27.2. The summed E-state index contributed by atoms with van der Waals surface area (Å²) >= 11 is 18.7. The first-order valence-corrected chi connectivity index (χ1v) is 16.7. The van der Waals surface area contributed by atoms with E-state index >= 15 is 0 Å². The lowest BCUT2D eigenvalue weighted by Crippen LogP contribution is -2.56. The molecule has 0 fully saturated rings. The van der Waals surface area contributed by atoms with Crippen LogP contribution in [0.5, 0.6) is 0 Å². The molecule has 0 aromatic heterocycles. The third kappa shape index (κ3) is 9.23.